The number of phenols is 2. The van der Waals surface area contributed by atoms with E-state index in [1.165, 1.54) is 18.2 Å². The topological polar surface area (TPSA) is 69.6 Å². The first-order valence-corrected chi connectivity index (χ1v) is 5.94. The molecular weight excluding hydrogens is 242 g/mol. The molecule has 0 spiro atoms. The van der Waals surface area contributed by atoms with Crippen LogP contribution in [0.15, 0.2) is 18.2 Å². The van der Waals surface area contributed by atoms with Crippen molar-refractivity contribution in [1.29, 1.82) is 0 Å². The molecule has 0 aromatic heterocycles. The standard InChI is InChI=1S/C12H16ClNO3/c1-8(4-5-13)7-14-12(17)10-6-9(15)2-3-11(10)16/h2-3,6,8,15-16H,4-5,7H2,1H3,(H,14,17). The maximum Gasteiger partial charge on any atom is 0.255 e. The van der Waals surface area contributed by atoms with Crippen LogP contribution in [0.25, 0.3) is 0 Å². The Morgan fingerprint density at radius 3 is 2.82 bits per heavy atom. The molecule has 1 unspecified atom stereocenters. The van der Waals surface area contributed by atoms with Crippen LogP contribution in [0.2, 0.25) is 0 Å². The molecule has 4 nitrogen and oxygen atoms in total. The fraction of sp³-hybridized carbons (Fsp3) is 0.417. The van der Waals surface area contributed by atoms with Crippen LogP contribution in [-0.4, -0.2) is 28.5 Å². The van der Waals surface area contributed by atoms with E-state index in [4.69, 9.17) is 11.6 Å². The molecule has 0 saturated carbocycles. The molecule has 0 aliphatic carbocycles. The molecular formula is C12H16ClNO3. The second-order valence-electron chi connectivity index (χ2n) is 3.99. The third-order valence-corrected chi connectivity index (χ3v) is 2.66. The highest BCUT2D eigenvalue weighted by Crippen LogP contribution is 2.21. The predicted octanol–water partition coefficient (Wildman–Crippen LogP) is 2.09. The van der Waals surface area contributed by atoms with Crippen molar-refractivity contribution in [3.05, 3.63) is 23.8 Å². The minimum Gasteiger partial charge on any atom is -0.508 e. The van der Waals surface area contributed by atoms with Crippen molar-refractivity contribution < 1.29 is 15.0 Å². The molecule has 1 amide bonds. The minimum absolute atomic E-state index is 0.0539. The highest BCUT2D eigenvalue weighted by Gasteiger charge is 2.12. The van der Waals surface area contributed by atoms with Gasteiger partial charge in [-0.25, -0.2) is 0 Å². The van der Waals surface area contributed by atoms with Crippen molar-refractivity contribution in [3.8, 4) is 11.5 Å². The first-order valence-electron chi connectivity index (χ1n) is 5.40. The summed E-state index contributed by atoms with van der Waals surface area (Å²) < 4.78 is 0. The smallest absolute Gasteiger partial charge is 0.255 e. The van der Waals surface area contributed by atoms with Crippen LogP contribution in [0.3, 0.4) is 0 Å². The lowest BCUT2D eigenvalue weighted by atomic mass is 10.1. The molecule has 1 aromatic rings. The van der Waals surface area contributed by atoms with Gasteiger partial charge in [-0.05, 0) is 30.5 Å². The highest BCUT2D eigenvalue weighted by atomic mass is 35.5. The van der Waals surface area contributed by atoms with Crippen molar-refractivity contribution >= 4 is 17.5 Å². The zero-order chi connectivity index (χ0) is 12.8. The maximum absolute atomic E-state index is 11.7. The summed E-state index contributed by atoms with van der Waals surface area (Å²) in [7, 11) is 0. The van der Waals surface area contributed by atoms with Gasteiger partial charge in [0.15, 0.2) is 0 Å². The second-order valence-corrected chi connectivity index (χ2v) is 4.37. The predicted molar refractivity (Wildman–Crippen MR) is 66.6 cm³/mol. The van der Waals surface area contributed by atoms with Gasteiger partial charge < -0.3 is 15.5 Å². The number of amides is 1. The van der Waals surface area contributed by atoms with E-state index in [1.807, 2.05) is 6.92 Å². The molecule has 0 saturated heterocycles. The van der Waals surface area contributed by atoms with Crippen molar-refractivity contribution in [3.63, 3.8) is 0 Å². The van der Waals surface area contributed by atoms with Crippen LogP contribution in [0.1, 0.15) is 23.7 Å². The quantitative estimate of drug-likeness (QED) is 0.559. The molecule has 1 atom stereocenters. The number of halogens is 1. The van der Waals surface area contributed by atoms with Crippen LogP contribution in [0.5, 0.6) is 11.5 Å². The Hall–Kier alpha value is -1.42. The van der Waals surface area contributed by atoms with E-state index in [-0.39, 0.29) is 23.0 Å². The molecule has 0 aliphatic rings. The number of hydrogen-bond donors (Lipinski definition) is 3. The van der Waals surface area contributed by atoms with Gasteiger partial charge in [-0.3, -0.25) is 4.79 Å². The van der Waals surface area contributed by atoms with Gasteiger partial charge in [0.05, 0.1) is 5.56 Å². The molecule has 1 rings (SSSR count). The van der Waals surface area contributed by atoms with Crippen molar-refractivity contribution in [2.24, 2.45) is 5.92 Å². The van der Waals surface area contributed by atoms with Gasteiger partial charge in [0.2, 0.25) is 0 Å². The summed E-state index contributed by atoms with van der Waals surface area (Å²) in [5.41, 5.74) is 0.0723. The first kappa shape index (κ1) is 13.6. The van der Waals surface area contributed by atoms with E-state index in [0.717, 1.165) is 6.42 Å². The maximum atomic E-state index is 11.7. The van der Waals surface area contributed by atoms with Crippen molar-refractivity contribution in [2.45, 2.75) is 13.3 Å². The fourth-order valence-electron chi connectivity index (χ4n) is 1.36. The van der Waals surface area contributed by atoms with E-state index in [9.17, 15) is 15.0 Å². The zero-order valence-corrected chi connectivity index (χ0v) is 10.4. The van der Waals surface area contributed by atoms with E-state index < -0.39 is 5.91 Å². The second kappa shape index (κ2) is 6.35. The first-order chi connectivity index (χ1) is 8.04. The summed E-state index contributed by atoms with van der Waals surface area (Å²) in [6.07, 6.45) is 0.813. The third kappa shape index (κ3) is 4.15. The molecule has 0 fully saturated rings. The zero-order valence-electron chi connectivity index (χ0n) is 9.61. The lowest BCUT2D eigenvalue weighted by molar-refractivity contribution is 0.0945. The van der Waals surface area contributed by atoms with Crippen LogP contribution in [0.4, 0.5) is 0 Å². The Bertz CT molecular complexity index is 395. The molecule has 3 N–H and O–H groups in total. The Kier molecular flexibility index (Phi) is 5.10. The van der Waals surface area contributed by atoms with Crippen LogP contribution in [0, 0.1) is 5.92 Å². The van der Waals surface area contributed by atoms with Gasteiger partial charge in [0.25, 0.3) is 5.91 Å². The molecule has 0 radical (unpaired) electrons. The van der Waals surface area contributed by atoms with Gasteiger partial charge in [0.1, 0.15) is 11.5 Å². The number of nitrogens with one attached hydrogen (secondary N) is 1. The largest absolute Gasteiger partial charge is 0.508 e. The number of rotatable bonds is 5. The minimum atomic E-state index is -0.403. The molecule has 0 bridgehead atoms. The number of carbonyl (C=O) groups is 1. The summed E-state index contributed by atoms with van der Waals surface area (Å²) in [5.74, 6) is 0.219. The van der Waals surface area contributed by atoms with E-state index in [0.29, 0.717) is 12.4 Å². The van der Waals surface area contributed by atoms with Crippen molar-refractivity contribution in [2.75, 3.05) is 12.4 Å². The molecule has 0 aliphatic heterocycles. The van der Waals surface area contributed by atoms with Gasteiger partial charge in [0, 0.05) is 12.4 Å². The number of hydrogen-bond acceptors (Lipinski definition) is 3. The van der Waals surface area contributed by atoms with Gasteiger partial charge in [-0.15, -0.1) is 11.6 Å². The average Bonchev–Trinajstić information content (AvgIpc) is 2.29. The average molecular weight is 258 g/mol. The number of benzene rings is 1. The third-order valence-electron chi connectivity index (χ3n) is 2.44. The number of phenolic OH excluding ortho intramolecular Hbond substituents is 2. The number of carbonyl (C=O) groups excluding carboxylic acids is 1. The molecule has 0 heterocycles. The normalized spacial score (nSPS) is 12.1. The Morgan fingerprint density at radius 1 is 1.47 bits per heavy atom. The van der Waals surface area contributed by atoms with E-state index in [1.54, 1.807) is 0 Å². The summed E-state index contributed by atoms with van der Waals surface area (Å²) in [5, 5.41) is 21.4. The summed E-state index contributed by atoms with van der Waals surface area (Å²) in [6, 6.07) is 3.84. The highest BCUT2D eigenvalue weighted by molar-refractivity contribution is 6.17. The van der Waals surface area contributed by atoms with Gasteiger partial charge >= 0.3 is 0 Å². The summed E-state index contributed by atoms with van der Waals surface area (Å²) >= 11 is 5.59. The van der Waals surface area contributed by atoms with Crippen molar-refractivity contribution in [1.82, 2.24) is 5.32 Å². The molecule has 1 aromatic carbocycles. The van der Waals surface area contributed by atoms with E-state index in [2.05, 4.69) is 5.32 Å². The summed E-state index contributed by atoms with van der Waals surface area (Å²) in [4.78, 5) is 11.7. The number of alkyl halides is 1. The Balaban J connectivity index is 2.61. The van der Waals surface area contributed by atoms with Gasteiger partial charge in [-0.1, -0.05) is 6.92 Å². The lowest BCUT2D eigenvalue weighted by Gasteiger charge is -2.11. The van der Waals surface area contributed by atoms with E-state index >= 15 is 0 Å². The van der Waals surface area contributed by atoms with Crippen LogP contribution < -0.4 is 5.32 Å². The molecule has 94 valence electrons. The monoisotopic (exact) mass is 257 g/mol. The molecule has 5 heteroatoms. The van der Waals surface area contributed by atoms with Crippen LogP contribution >= 0.6 is 11.6 Å². The Labute approximate surface area is 105 Å². The lowest BCUT2D eigenvalue weighted by Crippen LogP contribution is -2.28. The Morgan fingerprint density at radius 2 is 2.18 bits per heavy atom. The summed E-state index contributed by atoms with van der Waals surface area (Å²) in [6.45, 7) is 2.46. The molecule has 17 heavy (non-hydrogen) atoms. The fourth-order valence-corrected chi connectivity index (χ4v) is 1.73. The number of aromatic hydroxyl groups is 2. The van der Waals surface area contributed by atoms with Gasteiger partial charge in [-0.2, -0.15) is 0 Å². The van der Waals surface area contributed by atoms with Crippen LogP contribution in [-0.2, 0) is 0 Å². The SMILES string of the molecule is CC(CCCl)CNC(=O)c1cc(O)ccc1O.